The van der Waals surface area contributed by atoms with Gasteiger partial charge in [-0.2, -0.15) is 13.2 Å². The maximum atomic E-state index is 12.5. The lowest BCUT2D eigenvalue weighted by molar-refractivity contribution is -0.192. The van der Waals surface area contributed by atoms with Gasteiger partial charge in [-0.1, -0.05) is 6.07 Å². The third-order valence-corrected chi connectivity index (χ3v) is 7.04. The van der Waals surface area contributed by atoms with Crippen molar-refractivity contribution in [2.75, 3.05) is 32.1 Å². The number of ether oxygens (including phenoxy) is 2. The second-order valence-electron chi connectivity index (χ2n) is 7.88. The van der Waals surface area contributed by atoms with Crippen LogP contribution < -0.4 is 0 Å². The fraction of sp³-hybridized carbons (Fsp3) is 0.650. The largest absolute Gasteiger partial charge is 0.490 e. The molecule has 4 heterocycles. The highest BCUT2D eigenvalue weighted by Crippen LogP contribution is 2.46. The van der Waals surface area contributed by atoms with Gasteiger partial charge in [0.15, 0.2) is 0 Å². The monoisotopic (exact) mass is 462 g/mol. The Labute approximate surface area is 182 Å². The van der Waals surface area contributed by atoms with E-state index in [0.717, 1.165) is 56.9 Å². The smallest absolute Gasteiger partial charge is 0.475 e. The number of hydrogen-bond donors (Lipinski definition) is 1. The van der Waals surface area contributed by atoms with E-state index in [-0.39, 0.29) is 16.8 Å². The molecule has 3 fully saturated rings. The number of halogens is 3. The molecule has 1 aromatic heterocycles. The molecular formula is C20H25F3N2O5S. The van der Waals surface area contributed by atoms with Gasteiger partial charge in [0.25, 0.3) is 0 Å². The summed E-state index contributed by atoms with van der Waals surface area (Å²) in [7, 11) is 0. The Hall–Kier alpha value is -1.85. The number of rotatable bonds is 4. The molecule has 172 valence electrons. The number of aromatic nitrogens is 1. The molecule has 11 heteroatoms. The number of aliphatic carboxylic acids is 1. The van der Waals surface area contributed by atoms with Crippen LogP contribution in [0.5, 0.6) is 0 Å². The van der Waals surface area contributed by atoms with Gasteiger partial charge in [0.1, 0.15) is 0 Å². The average molecular weight is 462 g/mol. The highest BCUT2D eigenvalue weighted by molar-refractivity contribution is 8.01. The molecule has 0 saturated carbocycles. The Bertz CT molecular complexity index is 753. The molecule has 0 bridgehead atoms. The summed E-state index contributed by atoms with van der Waals surface area (Å²) in [5.41, 5.74) is 1.12. The van der Waals surface area contributed by atoms with Gasteiger partial charge in [-0.05, 0) is 30.9 Å². The molecule has 1 N–H and O–H groups in total. The van der Waals surface area contributed by atoms with E-state index in [9.17, 15) is 18.0 Å². The van der Waals surface area contributed by atoms with Crippen molar-refractivity contribution in [2.45, 2.75) is 42.9 Å². The predicted molar refractivity (Wildman–Crippen MR) is 106 cm³/mol. The molecule has 3 aliphatic heterocycles. The first kappa shape index (κ1) is 23.8. The minimum absolute atomic E-state index is 0.181. The second kappa shape index (κ2) is 10.2. The molecule has 0 aliphatic carbocycles. The average Bonchev–Trinajstić information content (AvgIpc) is 3.17. The molecule has 3 saturated heterocycles. The van der Waals surface area contributed by atoms with E-state index in [4.69, 9.17) is 19.4 Å². The lowest BCUT2D eigenvalue weighted by atomic mass is 9.89. The van der Waals surface area contributed by atoms with Crippen molar-refractivity contribution in [3.8, 4) is 0 Å². The van der Waals surface area contributed by atoms with Crippen LogP contribution in [0.25, 0.3) is 0 Å². The topological polar surface area (TPSA) is 89.0 Å². The van der Waals surface area contributed by atoms with E-state index in [1.165, 1.54) is 0 Å². The zero-order chi connectivity index (χ0) is 22.5. The zero-order valence-corrected chi connectivity index (χ0v) is 17.7. The fourth-order valence-electron chi connectivity index (χ4n) is 3.84. The Morgan fingerprint density at radius 2 is 2.00 bits per heavy atom. The molecule has 4 rings (SSSR count). The Morgan fingerprint density at radius 3 is 2.58 bits per heavy atom. The SMILES string of the molecule is O=C(C1CCOCC1)N1CC2(CC(OCc3cccnc3)CS2)C1.O=C(O)C(F)(F)F. The Balaban J connectivity index is 0.000000339. The number of amides is 1. The third kappa shape index (κ3) is 6.56. The number of carbonyl (C=O) groups excluding carboxylic acids is 1. The zero-order valence-electron chi connectivity index (χ0n) is 16.8. The number of carboxylic acid groups (broad SMARTS) is 1. The molecule has 0 radical (unpaired) electrons. The maximum Gasteiger partial charge on any atom is 0.490 e. The molecule has 1 aromatic rings. The normalized spacial score (nSPS) is 23.1. The summed E-state index contributed by atoms with van der Waals surface area (Å²) < 4.78 is 43.4. The van der Waals surface area contributed by atoms with Gasteiger partial charge < -0.3 is 19.5 Å². The van der Waals surface area contributed by atoms with E-state index in [1.807, 2.05) is 35.0 Å². The van der Waals surface area contributed by atoms with Gasteiger partial charge in [0, 0.05) is 50.4 Å². The van der Waals surface area contributed by atoms with Crippen molar-refractivity contribution in [1.82, 2.24) is 9.88 Å². The number of hydrogen-bond acceptors (Lipinski definition) is 6. The Kier molecular flexibility index (Phi) is 7.82. The lowest BCUT2D eigenvalue weighted by Gasteiger charge is -2.48. The van der Waals surface area contributed by atoms with Gasteiger partial charge in [-0.3, -0.25) is 9.78 Å². The van der Waals surface area contributed by atoms with Crippen molar-refractivity contribution >= 4 is 23.6 Å². The van der Waals surface area contributed by atoms with E-state index in [2.05, 4.69) is 4.98 Å². The lowest BCUT2D eigenvalue weighted by Crippen LogP contribution is -2.62. The van der Waals surface area contributed by atoms with Crippen molar-refractivity contribution in [3.05, 3.63) is 30.1 Å². The number of alkyl halides is 3. The van der Waals surface area contributed by atoms with Crippen molar-refractivity contribution in [2.24, 2.45) is 5.92 Å². The van der Waals surface area contributed by atoms with Crippen LogP contribution in [0, 0.1) is 5.92 Å². The van der Waals surface area contributed by atoms with Crippen LogP contribution in [-0.4, -0.2) is 76.0 Å². The number of likely N-dealkylation sites (tertiary alicyclic amines) is 1. The minimum atomic E-state index is -5.08. The third-order valence-electron chi connectivity index (χ3n) is 5.47. The summed E-state index contributed by atoms with van der Waals surface area (Å²) in [6.45, 7) is 3.86. The molecule has 7 nitrogen and oxygen atoms in total. The van der Waals surface area contributed by atoms with Crippen LogP contribution in [0.15, 0.2) is 24.5 Å². The number of thioether (sulfide) groups is 1. The first-order valence-electron chi connectivity index (χ1n) is 10.00. The van der Waals surface area contributed by atoms with Crippen molar-refractivity contribution < 1.29 is 37.3 Å². The van der Waals surface area contributed by atoms with E-state index in [1.54, 1.807) is 6.20 Å². The number of carboxylic acids is 1. The van der Waals surface area contributed by atoms with Crippen LogP contribution in [0.4, 0.5) is 13.2 Å². The summed E-state index contributed by atoms with van der Waals surface area (Å²) in [5, 5.41) is 7.12. The van der Waals surface area contributed by atoms with Gasteiger partial charge >= 0.3 is 12.1 Å². The van der Waals surface area contributed by atoms with Gasteiger partial charge in [-0.25, -0.2) is 4.79 Å². The number of pyridine rings is 1. The van der Waals surface area contributed by atoms with E-state index < -0.39 is 12.1 Å². The van der Waals surface area contributed by atoms with Crippen molar-refractivity contribution in [1.29, 1.82) is 0 Å². The second-order valence-corrected chi connectivity index (χ2v) is 9.36. The van der Waals surface area contributed by atoms with Crippen LogP contribution in [-0.2, 0) is 25.7 Å². The highest BCUT2D eigenvalue weighted by atomic mass is 32.2. The summed E-state index contributed by atoms with van der Waals surface area (Å²) in [5.74, 6) is -1.21. The molecule has 1 amide bonds. The molecule has 31 heavy (non-hydrogen) atoms. The number of carbonyl (C=O) groups is 2. The molecule has 1 spiro atoms. The van der Waals surface area contributed by atoms with Crippen LogP contribution in [0.1, 0.15) is 24.8 Å². The maximum absolute atomic E-state index is 12.5. The van der Waals surface area contributed by atoms with Gasteiger partial charge in [0.05, 0.1) is 17.5 Å². The Morgan fingerprint density at radius 1 is 1.32 bits per heavy atom. The molecule has 0 aromatic carbocycles. The van der Waals surface area contributed by atoms with E-state index >= 15 is 0 Å². The predicted octanol–water partition coefficient (Wildman–Crippen LogP) is 2.74. The number of nitrogens with zero attached hydrogens (tertiary/aromatic N) is 2. The summed E-state index contributed by atoms with van der Waals surface area (Å²) in [6, 6.07) is 3.98. The van der Waals surface area contributed by atoms with Gasteiger partial charge in [-0.15, -0.1) is 11.8 Å². The summed E-state index contributed by atoms with van der Waals surface area (Å²) >= 11 is 1.98. The van der Waals surface area contributed by atoms with Crippen molar-refractivity contribution in [3.63, 3.8) is 0 Å². The van der Waals surface area contributed by atoms with Crippen LogP contribution in [0.3, 0.4) is 0 Å². The first-order chi connectivity index (χ1) is 14.7. The fourth-order valence-corrected chi connectivity index (χ4v) is 5.39. The summed E-state index contributed by atoms with van der Waals surface area (Å²) in [6.07, 6.45) is 1.65. The quantitative estimate of drug-likeness (QED) is 0.736. The molecule has 3 aliphatic rings. The molecular weight excluding hydrogens is 437 g/mol. The summed E-state index contributed by atoms with van der Waals surface area (Å²) in [4.78, 5) is 27.6. The molecule has 1 atom stereocenters. The van der Waals surface area contributed by atoms with E-state index in [0.29, 0.717) is 12.5 Å². The van der Waals surface area contributed by atoms with Crippen LogP contribution in [0.2, 0.25) is 0 Å². The first-order valence-corrected chi connectivity index (χ1v) is 11.0. The van der Waals surface area contributed by atoms with Gasteiger partial charge in [0.2, 0.25) is 5.91 Å². The van der Waals surface area contributed by atoms with Crippen LogP contribution >= 0.6 is 11.8 Å². The molecule has 1 unspecified atom stereocenters. The standard InChI is InChI=1S/C18H24N2O3S.C2HF3O2/c21-17(15-3-6-22-7-4-15)20-12-18(13-20)8-16(11-24-18)23-10-14-2-1-5-19-9-14;3-2(4,5)1(6)7/h1-2,5,9,15-16H,3-4,6-8,10-13H2;(H,6,7). The highest BCUT2D eigenvalue weighted by Gasteiger charge is 2.51. The minimum Gasteiger partial charge on any atom is -0.475 e.